The Hall–Kier alpha value is -4.06. The van der Waals surface area contributed by atoms with Crippen molar-refractivity contribution in [1.29, 1.82) is 0 Å². The van der Waals surface area contributed by atoms with Crippen molar-refractivity contribution >= 4 is 19.9 Å². The Labute approximate surface area is 259 Å². The molecule has 5 aromatic rings. The van der Waals surface area contributed by atoms with Crippen molar-refractivity contribution in [3.63, 3.8) is 0 Å². The van der Waals surface area contributed by atoms with Crippen LogP contribution in [-0.2, 0) is 19.9 Å². The number of sulfone groups is 1. The highest BCUT2D eigenvalue weighted by atomic mass is 32.2. The van der Waals surface area contributed by atoms with E-state index in [9.17, 15) is 16.8 Å². The molecule has 0 aliphatic carbocycles. The predicted molar refractivity (Wildman–Crippen MR) is 174 cm³/mol. The van der Waals surface area contributed by atoms with Crippen molar-refractivity contribution < 1.29 is 16.8 Å². The first-order valence-corrected chi connectivity index (χ1v) is 17.8. The zero-order chi connectivity index (χ0) is 31.5. The summed E-state index contributed by atoms with van der Waals surface area (Å²) in [7, 11) is -6.88. The third kappa shape index (κ3) is 6.12. The summed E-state index contributed by atoms with van der Waals surface area (Å²) in [4.78, 5) is 0.597. The molecular weight excluding hydrogens is 595 g/mol. The molecule has 0 atom stereocenters. The topological polar surface area (TPSA) is 129 Å². The standard InChI is InChI=1S/C33H37N5O4S2/c1-5-27(6-2)43(39,40)28-16-12-23(13-17-28)30-21-32(36-34-30)25-10-9-11-26(20-25)33-22-31(35-37-33)24-14-18-29(19-15-24)44(41,42)38(7-3)8-4/h9-22,27H,5-8H2,1-4H3,(H,34,36)(H,35,37). The van der Waals surface area contributed by atoms with Crippen molar-refractivity contribution in [2.45, 2.75) is 55.6 Å². The Bertz CT molecular complexity index is 1800. The third-order valence-electron chi connectivity index (χ3n) is 7.96. The number of nitrogens with one attached hydrogen (secondary N) is 2. The van der Waals surface area contributed by atoms with E-state index in [0.29, 0.717) is 30.8 Å². The highest BCUT2D eigenvalue weighted by molar-refractivity contribution is 7.92. The van der Waals surface area contributed by atoms with E-state index in [2.05, 4.69) is 20.4 Å². The van der Waals surface area contributed by atoms with Gasteiger partial charge in [-0.15, -0.1) is 0 Å². The number of aromatic amines is 2. The summed E-state index contributed by atoms with van der Waals surface area (Å²) in [6.45, 7) is 8.28. The second-order valence-electron chi connectivity index (χ2n) is 10.5. The van der Waals surface area contributed by atoms with Gasteiger partial charge in [-0.1, -0.05) is 70.2 Å². The Morgan fingerprint density at radius 1 is 0.614 bits per heavy atom. The zero-order valence-corrected chi connectivity index (χ0v) is 26.9. The number of hydrogen-bond acceptors (Lipinski definition) is 6. The van der Waals surface area contributed by atoms with Gasteiger partial charge in [0.15, 0.2) is 9.84 Å². The first-order chi connectivity index (χ1) is 21.1. The first-order valence-electron chi connectivity index (χ1n) is 14.8. The van der Waals surface area contributed by atoms with Crippen LogP contribution in [0.4, 0.5) is 0 Å². The number of H-pyrrole nitrogens is 2. The highest BCUT2D eigenvalue weighted by Gasteiger charge is 2.24. The van der Waals surface area contributed by atoms with Crippen LogP contribution in [0.15, 0.2) is 94.7 Å². The van der Waals surface area contributed by atoms with Crippen LogP contribution in [0.25, 0.3) is 45.0 Å². The van der Waals surface area contributed by atoms with E-state index in [0.717, 1.165) is 45.0 Å². The van der Waals surface area contributed by atoms with Crippen molar-refractivity contribution in [3.8, 4) is 45.0 Å². The lowest BCUT2D eigenvalue weighted by atomic mass is 10.0. The lowest BCUT2D eigenvalue weighted by molar-refractivity contribution is 0.445. The van der Waals surface area contributed by atoms with Crippen molar-refractivity contribution in [1.82, 2.24) is 24.7 Å². The van der Waals surface area contributed by atoms with E-state index in [1.165, 1.54) is 4.31 Å². The highest BCUT2D eigenvalue weighted by Crippen LogP contribution is 2.30. The van der Waals surface area contributed by atoms with Gasteiger partial charge in [0.25, 0.3) is 0 Å². The molecule has 0 spiro atoms. The van der Waals surface area contributed by atoms with Crippen LogP contribution in [0, 0.1) is 0 Å². The lowest BCUT2D eigenvalue weighted by Gasteiger charge is -2.18. The average Bonchev–Trinajstić information content (AvgIpc) is 3.74. The monoisotopic (exact) mass is 631 g/mol. The van der Waals surface area contributed by atoms with Crippen LogP contribution in [-0.4, -0.2) is 59.9 Å². The normalized spacial score (nSPS) is 12.3. The maximum absolute atomic E-state index is 12.9. The van der Waals surface area contributed by atoms with Gasteiger partial charge in [0.2, 0.25) is 10.0 Å². The van der Waals surface area contributed by atoms with Crippen molar-refractivity contribution in [2.24, 2.45) is 0 Å². The first kappa shape index (κ1) is 31.4. The molecule has 9 nitrogen and oxygen atoms in total. The fraction of sp³-hybridized carbons (Fsp3) is 0.273. The SMILES string of the molecule is CCC(CC)S(=O)(=O)c1ccc(-c2cc(-c3cccc(-c4cc(-c5ccc(S(=O)(=O)N(CC)CC)cc5)[nH]n4)c3)n[nH]2)cc1. The fourth-order valence-corrected chi connectivity index (χ4v) is 8.57. The molecule has 230 valence electrons. The third-order valence-corrected chi connectivity index (χ3v) is 12.5. The Kier molecular flexibility index (Phi) is 9.19. The summed E-state index contributed by atoms with van der Waals surface area (Å²) in [5.41, 5.74) is 6.51. The van der Waals surface area contributed by atoms with E-state index in [4.69, 9.17) is 0 Å². The van der Waals surface area contributed by atoms with Crippen LogP contribution in [0.5, 0.6) is 0 Å². The molecule has 0 radical (unpaired) electrons. The largest absolute Gasteiger partial charge is 0.277 e. The molecule has 3 aromatic carbocycles. The molecular formula is C33H37N5O4S2. The van der Waals surface area contributed by atoms with E-state index < -0.39 is 19.9 Å². The molecule has 0 unspecified atom stereocenters. The van der Waals surface area contributed by atoms with Gasteiger partial charge >= 0.3 is 0 Å². The van der Waals surface area contributed by atoms with Crippen molar-refractivity contribution in [2.75, 3.05) is 13.1 Å². The predicted octanol–water partition coefficient (Wildman–Crippen LogP) is 6.79. The Morgan fingerprint density at radius 2 is 1.07 bits per heavy atom. The molecule has 2 N–H and O–H groups in total. The van der Waals surface area contributed by atoms with Crippen LogP contribution >= 0.6 is 0 Å². The summed E-state index contributed by atoms with van der Waals surface area (Å²) in [6.07, 6.45) is 1.17. The van der Waals surface area contributed by atoms with Gasteiger partial charge in [-0.05, 0) is 66.4 Å². The second-order valence-corrected chi connectivity index (χ2v) is 14.7. The average molecular weight is 632 g/mol. The van der Waals surface area contributed by atoms with Crippen LogP contribution in [0.2, 0.25) is 0 Å². The lowest BCUT2D eigenvalue weighted by Crippen LogP contribution is -2.30. The summed E-state index contributed by atoms with van der Waals surface area (Å²) >= 11 is 0. The molecule has 0 saturated heterocycles. The quantitative estimate of drug-likeness (QED) is 0.156. The maximum atomic E-state index is 12.9. The minimum Gasteiger partial charge on any atom is -0.277 e. The molecule has 0 fully saturated rings. The molecule has 5 rings (SSSR count). The number of sulfonamides is 1. The van der Waals surface area contributed by atoms with Gasteiger partial charge in [0, 0.05) is 24.2 Å². The molecule has 0 aliphatic heterocycles. The number of hydrogen-bond donors (Lipinski definition) is 2. The minimum absolute atomic E-state index is 0.262. The summed E-state index contributed by atoms with van der Waals surface area (Å²) < 4.78 is 52.9. The smallest absolute Gasteiger partial charge is 0.243 e. The van der Waals surface area contributed by atoms with E-state index in [-0.39, 0.29) is 10.1 Å². The van der Waals surface area contributed by atoms with Gasteiger partial charge in [-0.2, -0.15) is 14.5 Å². The van der Waals surface area contributed by atoms with Crippen LogP contribution in [0.1, 0.15) is 40.5 Å². The minimum atomic E-state index is -3.52. The van der Waals surface area contributed by atoms with E-state index >= 15 is 0 Å². The van der Waals surface area contributed by atoms with E-state index in [1.807, 2.05) is 64.1 Å². The number of nitrogens with zero attached hydrogens (tertiary/aromatic N) is 3. The molecule has 0 saturated carbocycles. The molecule has 2 aromatic heterocycles. The van der Waals surface area contributed by atoms with E-state index in [1.54, 1.807) is 48.5 Å². The molecule has 0 aliphatic rings. The Morgan fingerprint density at radius 3 is 1.50 bits per heavy atom. The Balaban J connectivity index is 1.34. The second kappa shape index (κ2) is 12.9. The summed E-state index contributed by atoms with van der Waals surface area (Å²) in [5.74, 6) is 0. The summed E-state index contributed by atoms with van der Waals surface area (Å²) in [5, 5.41) is 14.8. The fourth-order valence-electron chi connectivity index (χ4n) is 5.34. The van der Waals surface area contributed by atoms with Gasteiger partial charge in [-0.3, -0.25) is 10.2 Å². The number of benzene rings is 3. The van der Waals surface area contributed by atoms with Gasteiger partial charge < -0.3 is 0 Å². The molecule has 2 heterocycles. The molecule has 0 bridgehead atoms. The number of rotatable bonds is 12. The van der Waals surface area contributed by atoms with Crippen molar-refractivity contribution in [3.05, 3.63) is 84.9 Å². The maximum Gasteiger partial charge on any atom is 0.243 e. The zero-order valence-electron chi connectivity index (χ0n) is 25.3. The molecule has 44 heavy (non-hydrogen) atoms. The summed E-state index contributed by atoms with van der Waals surface area (Å²) in [6, 6.07) is 25.5. The molecule has 11 heteroatoms. The molecule has 0 amide bonds. The van der Waals surface area contributed by atoms with Gasteiger partial charge in [-0.25, -0.2) is 16.8 Å². The van der Waals surface area contributed by atoms with Gasteiger partial charge in [0.05, 0.1) is 37.8 Å². The number of aromatic nitrogens is 4. The van der Waals surface area contributed by atoms with Gasteiger partial charge in [0.1, 0.15) is 0 Å². The van der Waals surface area contributed by atoms with Crippen LogP contribution < -0.4 is 0 Å². The van der Waals surface area contributed by atoms with Crippen LogP contribution in [0.3, 0.4) is 0 Å².